The van der Waals surface area contributed by atoms with Gasteiger partial charge in [-0.2, -0.15) is 4.57 Å². The van der Waals surface area contributed by atoms with E-state index in [0.29, 0.717) is 17.2 Å². The molecule has 0 atom stereocenters. The topological polar surface area (TPSA) is 44.8 Å². The molecule has 5 heteroatoms. The zero-order valence-electron chi connectivity index (χ0n) is 20.2. The average Bonchev–Trinajstić information content (AvgIpc) is 2.87. The van der Waals surface area contributed by atoms with Crippen LogP contribution in [0.3, 0.4) is 0 Å². The molecule has 180 valence electrons. The van der Waals surface area contributed by atoms with Crippen LogP contribution in [0.25, 0.3) is 11.1 Å². The Morgan fingerprint density at radius 1 is 0.543 bits per heavy atom. The lowest BCUT2D eigenvalue weighted by molar-refractivity contribution is 0.296. The van der Waals surface area contributed by atoms with E-state index >= 15 is 0 Å². The average molecular weight is 487 g/mol. The van der Waals surface area contributed by atoms with Crippen LogP contribution in [0.1, 0.15) is 37.8 Å². The van der Waals surface area contributed by atoms with Crippen LogP contribution in [-0.2, 0) is 17.4 Å². The Labute approximate surface area is 208 Å². The molecule has 0 spiro atoms. The third-order valence-electron chi connectivity index (χ3n) is 5.59. The molecule has 0 saturated heterocycles. The second-order valence-corrected chi connectivity index (χ2v) is 9.74. The van der Waals surface area contributed by atoms with Gasteiger partial charge < -0.3 is 13.6 Å². The molecule has 0 aliphatic heterocycles. The molecular formula is C30H31O4P. The van der Waals surface area contributed by atoms with E-state index in [9.17, 15) is 4.57 Å². The Morgan fingerprint density at radius 3 is 1.51 bits per heavy atom. The quantitative estimate of drug-likeness (QED) is 0.199. The highest BCUT2D eigenvalue weighted by Gasteiger charge is 2.35. The molecule has 0 bridgehead atoms. The van der Waals surface area contributed by atoms with Crippen molar-refractivity contribution in [3.63, 3.8) is 0 Å². The zero-order valence-corrected chi connectivity index (χ0v) is 21.1. The Kier molecular flexibility index (Phi) is 8.28. The molecule has 4 rings (SSSR count). The summed E-state index contributed by atoms with van der Waals surface area (Å²) in [5, 5.41) is 0. The zero-order chi connectivity index (χ0) is 24.5. The number of phosphoric acid groups is 1. The van der Waals surface area contributed by atoms with E-state index in [1.807, 2.05) is 97.1 Å². The second-order valence-electron chi connectivity index (χ2n) is 8.30. The van der Waals surface area contributed by atoms with Crippen molar-refractivity contribution < 1.29 is 18.1 Å². The van der Waals surface area contributed by atoms with Crippen molar-refractivity contribution in [2.24, 2.45) is 0 Å². The molecule has 0 amide bonds. The van der Waals surface area contributed by atoms with Crippen LogP contribution in [0, 0.1) is 0 Å². The van der Waals surface area contributed by atoms with Gasteiger partial charge in [-0.05, 0) is 47.7 Å². The van der Waals surface area contributed by atoms with E-state index in [1.165, 1.54) is 0 Å². The summed E-state index contributed by atoms with van der Waals surface area (Å²) in [7, 11) is -4.13. The van der Waals surface area contributed by atoms with Crippen molar-refractivity contribution in [3.8, 4) is 28.4 Å². The highest BCUT2D eigenvalue weighted by molar-refractivity contribution is 7.49. The molecule has 0 N–H and O–H groups in total. The number of rotatable bonds is 11. The van der Waals surface area contributed by atoms with E-state index in [-0.39, 0.29) is 0 Å². The predicted molar refractivity (Wildman–Crippen MR) is 142 cm³/mol. The fourth-order valence-electron chi connectivity index (χ4n) is 3.96. The summed E-state index contributed by atoms with van der Waals surface area (Å²) in [4.78, 5) is 0. The summed E-state index contributed by atoms with van der Waals surface area (Å²) in [5.41, 5.74) is 3.68. The summed E-state index contributed by atoms with van der Waals surface area (Å²) in [6.45, 7) is 4.20. The summed E-state index contributed by atoms with van der Waals surface area (Å²) in [5.74, 6) is 1.44. The molecule has 0 unspecified atom stereocenters. The van der Waals surface area contributed by atoms with E-state index in [0.717, 1.165) is 47.9 Å². The van der Waals surface area contributed by atoms with Crippen LogP contribution in [0.15, 0.2) is 103 Å². The predicted octanol–water partition coefficient (Wildman–Crippen LogP) is 8.90. The fourth-order valence-corrected chi connectivity index (χ4v) is 5.31. The SMILES string of the molecule is CCCc1ccccc1OP(=O)(Oc1ccccc1CCC)Oc1ccccc1-c1ccccc1. The number of phosphoric ester groups is 1. The van der Waals surface area contributed by atoms with Gasteiger partial charge in [0.15, 0.2) is 0 Å². The van der Waals surface area contributed by atoms with Crippen molar-refractivity contribution in [3.05, 3.63) is 114 Å². The van der Waals surface area contributed by atoms with Gasteiger partial charge in [-0.15, -0.1) is 0 Å². The van der Waals surface area contributed by atoms with E-state index in [2.05, 4.69) is 13.8 Å². The van der Waals surface area contributed by atoms with Gasteiger partial charge >= 0.3 is 7.82 Å². The maximum Gasteiger partial charge on any atom is 0.647 e. The van der Waals surface area contributed by atoms with Crippen LogP contribution in [0.4, 0.5) is 0 Å². The minimum atomic E-state index is -4.13. The maximum atomic E-state index is 14.4. The molecule has 0 heterocycles. The van der Waals surface area contributed by atoms with Crippen LogP contribution >= 0.6 is 7.82 Å². The van der Waals surface area contributed by atoms with Crippen LogP contribution in [-0.4, -0.2) is 0 Å². The molecule has 4 nitrogen and oxygen atoms in total. The van der Waals surface area contributed by atoms with Crippen LogP contribution in [0.5, 0.6) is 17.2 Å². The lowest BCUT2D eigenvalue weighted by atomic mass is 10.1. The highest BCUT2D eigenvalue weighted by atomic mass is 31.2. The fraction of sp³-hybridized carbons (Fsp3) is 0.200. The van der Waals surface area contributed by atoms with Crippen molar-refractivity contribution in [1.82, 2.24) is 0 Å². The first kappa shape index (κ1) is 24.6. The van der Waals surface area contributed by atoms with Crippen LogP contribution < -0.4 is 13.6 Å². The van der Waals surface area contributed by atoms with Crippen molar-refractivity contribution in [2.45, 2.75) is 39.5 Å². The standard InChI is InChI=1S/C30H31O4P/c1-3-14-25-18-8-11-21-28(25)32-35(31,33-29-22-12-9-19-26(29)15-4-2)34-30-23-13-10-20-27(30)24-16-6-5-7-17-24/h5-13,16-23H,3-4,14-15H2,1-2H3. The van der Waals surface area contributed by atoms with Gasteiger partial charge in [-0.1, -0.05) is 112 Å². The monoisotopic (exact) mass is 486 g/mol. The summed E-state index contributed by atoms with van der Waals surface area (Å²) in [6, 6.07) is 32.6. The van der Waals surface area contributed by atoms with Crippen molar-refractivity contribution in [2.75, 3.05) is 0 Å². The third kappa shape index (κ3) is 6.35. The lowest BCUT2D eigenvalue weighted by Gasteiger charge is -2.23. The van der Waals surface area contributed by atoms with Gasteiger partial charge in [0.2, 0.25) is 0 Å². The van der Waals surface area contributed by atoms with Crippen molar-refractivity contribution >= 4 is 7.82 Å². The Balaban J connectivity index is 1.76. The first-order chi connectivity index (χ1) is 17.1. The smallest absolute Gasteiger partial charge is 0.386 e. The molecule has 0 aliphatic carbocycles. The van der Waals surface area contributed by atoms with Gasteiger partial charge in [-0.3, -0.25) is 0 Å². The first-order valence-corrected chi connectivity index (χ1v) is 13.6. The largest absolute Gasteiger partial charge is 0.647 e. The van der Waals surface area contributed by atoms with Crippen molar-refractivity contribution in [1.29, 1.82) is 0 Å². The Bertz CT molecular complexity index is 1230. The minimum Gasteiger partial charge on any atom is -0.386 e. The second kappa shape index (κ2) is 11.8. The van der Waals surface area contributed by atoms with Gasteiger partial charge in [0, 0.05) is 5.56 Å². The van der Waals surface area contributed by atoms with E-state index in [4.69, 9.17) is 13.6 Å². The minimum absolute atomic E-state index is 0.433. The molecule has 0 fully saturated rings. The van der Waals surface area contributed by atoms with Gasteiger partial charge in [-0.25, -0.2) is 0 Å². The van der Waals surface area contributed by atoms with Gasteiger partial charge in [0.25, 0.3) is 0 Å². The molecule has 4 aromatic carbocycles. The summed E-state index contributed by atoms with van der Waals surface area (Å²) < 4.78 is 32.8. The molecule has 0 aliphatic rings. The van der Waals surface area contributed by atoms with E-state index in [1.54, 1.807) is 6.07 Å². The third-order valence-corrected chi connectivity index (χ3v) is 6.85. The molecule has 0 aromatic heterocycles. The number of hydrogen-bond acceptors (Lipinski definition) is 4. The summed E-state index contributed by atoms with van der Waals surface area (Å²) >= 11 is 0. The number of para-hydroxylation sites is 3. The number of aryl methyl sites for hydroxylation is 2. The van der Waals surface area contributed by atoms with E-state index < -0.39 is 7.82 Å². The number of benzene rings is 4. The maximum absolute atomic E-state index is 14.4. The normalized spacial score (nSPS) is 11.1. The molecule has 0 saturated carbocycles. The lowest BCUT2D eigenvalue weighted by Crippen LogP contribution is -2.10. The molecule has 35 heavy (non-hydrogen) atoms. The first-order valence-electron chi connectivity index (χ1n) is 12.1. The van der Waals surface area contributed by atoms with Crippen LogP contribution in [0.2, 0.25) is 0 Å². The van der Waals surface area contributed by atoms with Gasteiger partial charge in [0.1, 0.15) is 17.2 Å². The molecular weight excluding hydrogens is 455 g/mol. The Morgan fingerprint density at radius 2 is 0.971 bits per heavy atom. The molecule has 0 radical (unpaired) electrons. The number of hydrogen-bond donors (Lipinski definition) is 0. The summed E-state index contributed by atoms with van der Waals surface area (Å²) in [6.07, 6.45) is 3.46. The van der Waals surface area contributed by atoms with Gasteiger partial charge in [0.05, 0.1) is 0 Å². The highest BCUT2D eigenvalue weighted by Crippen LogP contribution is 2.52. The molecule has 4 aromatic rings. The Hall–Kier alpha value is -3.49.